The number of hydrogen-bond acceptors (Lipinski definition) is 1. The largest absolute Gasteiger partial charge is 0.330 e. The minimum Gasteiger partial charge on any atom is -0.330 e. The first-order valence-electron chi connectivity index (χ1n) is 6.07. The molecule has 1 aromatic heterocycles. The molecule has 0 aliphatic rings. The first kappa shape index (κ1) is 12.1. The number of fused-ring (bicyclic) bond motifs is 1. The molecule has 0 aliphatic carbocycles. The first-order chi connectivity index (χ1) is 9.13. The lowest BCUT2D eigenvalue weighted by Crippen LogP contribution is -1.99. The van der Waals surface area contributed by atoms with E-state index in [1.165, 1.54) is 23.3 Å². The quantitative estimate of drug-likeness (QED) is 0.694. The van der Waals surface area contributed by atoms with Crippen LogP contribution in [-0.4, -0.2) is 9.55 Å². The van der Waals surface area contributed by atoms with Gasteiger partial charge in [-0.15, -0.1) is 0 Å². The van der Waals surface area contributed by atoms with Gasteiger partial charge in [-0.1, -0.05) is 29.8 Å². The average Bonchev–Trinajstić information content (AvgIpc) is 2.65. The van der Waals surface area contributed by atoms with Gasteiger partial charge in [0.25, 0.3) is 0 Å². The van der Waals surface area contributed by atoms with Crippen LogP contribution in [0.15, 0.2) is 42.5 Å². The van der Waals surface area contributed by atoms with E-state index < -0.39 is 0 Å². The van der Waals surface area contributed by atoms with Crippen LogP contribution in [0.5, 0.6) is 0 Å². The Bertz CT molecular complexity index is 801. The van der Waals surface area contributed by atoms with Crippen molar-refractivity contribution in [3.8, 4) is 0 Å². The van der Waals surface area contributed by atoms with Gasteiger partial charge in [-0.3, -0.25) is 0 Å². The topological polar surface area (TPSA) is 20.7 Å². The maximum Gasteiger partial charge on any atom is 0.178 e. The Labute approximate surface area is 115 Å². The highest BCUT2D eigenvalue weighted by molar-refractivity contribution is 7.71. The van der Waals surface area contributed by atoms with Crippen molar-refractivity contribution in [1.29, 1.82) is 0 Å². The van der Waals surface area contributed by atoms with E-state index >= 15 is 0 Å². The summed E-state index contributed by atoms with van der Waals surface area (Å²) >= 11 is 5.31. The highest BCUT2D eigenvalue weighted by atomic mass is 32.1. The zero-order valence-electron chi connectivity index (χ0n) is 10.5. The van der Waals surface area contributed by atoms with Gasteiger partial charge < -0.3 is 9.55 Å². The van der Waals surface area contributed by atoms with E-state index in [9.17, 15) is 4.39 Å². The highest BCUT2D eigenvalue weighted by Crippen LogP contribution is 2.17. The SMILES string of the molecule is Cc1cccc(Cn2c(=S)[nH]c3cc(F)ccc32)c1. The third-order valence-electron chi connectivity index (χ3n) is 3.16. The van der Waals surface area contributed by atoms with Crippen LogP contribution >= 0.6 is 12.2 Å². The molecule has 2 aromatic carbocycles. The molecular weight excluding hydrogens is 259 g/mol. The molecule has 0 saturated heterocycles. The van der Waals surface area contributed by atoms with Crippen molar-refractivity contribution in [2.45, 2.75) is 13.5 Å². The zero-order valence-corrected chi connectivity index (χ0v) is 11.3. The number of aromatic amines is 1. The number of halogens is 1. The molecule has 0 bridgehead atoms. The van der Waals surface area contributed by atoms with Crippen LogP contribution < -0.4 is 0 Å². The molecule has 4 heteroatoms. The third kappa shape index (κ3) is 2.31. The molecule has 19 heavy (non-hydrogen) atoms. The fourth-order valence-corrected chi connectivity index (χ4v) is 2.56. The van der Waals surface area contributed by atoms with Gasteiger partial charge in [0, 0.05) is 0 Å². The number of benzene rings is 2. The van der Waals surface area contributed by atoms with Crippen LogP contribution in [0.4, 0.5) is 4.39 Å². The maximum atomic E-state index is 13.2. The van der Waals surface area contributed by atoms with Gasteiger partial charge in [0.2, 0.25) is 0 Å². The molecule has 0 aliphatic heterocycles. The highest BCUT2D eigenvalue weighted by Gasteiger charge is 2.06. The summed E-state index contributed by atoms with van der Waals surface area (Å²) in [6.45, 7) is 2.75. The number of hydrogen-bond donors (Lipinski definition) is 1. The summed E-state index contributed by atoms with van der Waals surface area (Å²) in [5.41, 5.74) is 4.06. The van der Waals surface area contributed by atoms with E-state index in [4.69, 9.17) is 12.2 Å². The Kier molecular flexibility index (Phi) is 2.95. The van der Waals surface area contributed by atoms with Gasteiger partial charge in [-0.05, 0) is 42.9 Å². The summed E-state index contributed by atoms with van der Waals surface area (Å²) in [6.07, 6.45) is 0. The molecule has 3 aromatic rings. The zero-order chi connectivity index (χ0) is 13.4. The second-order valence-electron chi connectivity index (χ2n) is 4.67. The van der Waals surface area contributed by atoms with Gasteiger partial charge in [-0.25, -0.2) is 4.39 Å². The van der Waals surface area contributed by atoms with E-state index in [1.54, 1.807) is 6.07 Å². The number of nitrogens with zero attached hydrogens (tertiary/aromatic N) is 1. The second kappa shape index (κ2) is 4.63. The van der Waals surface area contributed by atoms with Crippen LogP contribution in [0.3, 0.4) is 0 Å². The monoisotopic (exact) mass is 272 g/mol. The Balaban J connectivity index is 2.10. The normalized spacial score (nSPS) is 11.1. The molecule has 0 unspecified atom stereocenters. The van der Waals surface area contributed by atoms with Crippen molar-refractivity contribution in [2.75, 3.05) is 0 Å². The van der Waals surface area contributed by atoms with Crippen molar-refractivity contribution in [3.05, 3.63) is 64.2 Å². The van der Waals surface area contributed by atoms with Gasteiger partial charge in [-0.2, -0.15) is 0 Å². The van der Waals surface area contributed by atoms with E-state index in [0.717, 1.165) is 11.0 Å². The number of H-pyrrole nitrogens is 1. The number of aryl methyl sites for hydroxylation is 1. The van der Waals surface area contributed by atoms with E-state index in [0.29, 0.717) is 11.3 Å². The lowest BCUT2D eigenvalue weighted by molar-refractivity contribution is 0.629. The van der Waals surface area contributed by atoms with Crippen molar-refractivity contribution >= 4 is 23.3 Å². The molecule has 0 amide bonds. The van der Waals surface area contributed by atoms with E-state index in [-0.39, 0.29) is 5.82 Å². The summed E-state index contributed by atoms with van der Waals surface area (Å²) in [5, 5.41) is 0. The van der Waals surface area contributed by atoms with Crippen molar-refractivity contribution < 1.29 is 4.39 Å². The van der Waals surface area contributed by atoms with Crippen LogP contribution in [0.25, 0.3) is 11.0 Å². The van der Waals surface area contributed by atoms with Gasteiger partial charge >= 0.3 is 0 Å². The molecule has 0 radical (unpaired) electrons. The lowest BCUT2D eigenvalue weighted by Gasteiger charge is -2.05. The van der Waals surface area contributed by atoms with Crippen LogP contribution in [-0.2, 0) is 6.54 Å². The summed E-state index contributed by atoms with van der Waals surface area (Å²) in [4.78, 5) is 3.04. The maximum absolute atomic E-state index is 13.2. The molecule has 0 spiro atoms. The Hall–Kier alpha value is -1.94. The molecular formula is C15H13FN2S. The molecule has 1 N–H and O–H groups in total. The lowest BCUT2D eigenvalue weighted by atomic mass is 10.1. The molecule has 96 valence electrons. The number of aromatic nitrogens is 2. The number of rotatable bonds is 2. The minimum absolute atomic E-state index is 0.258. The molecule has 1 heterocycles. The Morgan fingerprint density at radius 3 is 2.84 bits per heavy atom. The second-order valence-corrected chi connectivity index (χ2v) is 5.05. The van der Waals surface area contributed by atoms with Gasteiger partial charge in [0.05, 0.1) is 17.6 Å². The molecule has 2 nitrogen and oxygen atoms in total. The van der Waals surface area contributed by atoms with Crippen molar-refractivity contribution in [2.24, 2.45) is 0 Å². The number of nitrogens with one attached hydrogen (secondary N) is 1. The van der Waals surface area contributed by atoms with E-state index in [2.05, 4.69) is 30.1 Å². The number of imidazole rings is 1. The van der Waals surface area contributed by atoms with Crippen LogP contribution in [0.1, 0.15) is 11.1 Å². The smallest absolute Gasteiger partial charge is 0.178 e. The fraction of sp³-hybridized carbons (Fsp3) is 0.133. The predicted molar refractivity (Wildman–Crippen MR) is 77.4 cm³/mol. The predicted octanol–water partition coefficient (Wildman–Crippen LogP) is 4.19. The summed E-state index contributed by atoms with van der Waals surface area (Å²) in [6, 6.07) is 13.0. The average molecular weight is 272 g/mol. The van der Waals surface area contributed by atoms with E-state index in [1.807, 2.05) is 10.6 Å². The van der Waals surface area contributed by atoms with Crippen molar-refractivity contribution in [1.82, 2.24) is 9.55 Å². The molecule has 3 rings (SSSR count). The molecule has 0 atom stereocenters. The standard InChI is InChI=1S/C15H13FN2S/c1-10-3-2-4-11(7-10)9-18-14-6-5-12(16)8-13(14)17-15(18)19/h2-8H,9H2,1H3,(H,17,19). The van der Waals surface area contributed by atoms with Crippen LogP contribution in [0, 0.1) is 17.5 Å². The van der Waals surface area contributed by atoms with Gasteiger partial charge in [0.1, 0.15) is 5.82 Å². The molecule has 0 fully saturated rings. The summed E-state index contributed by atoms with van der Waals surface area (Å²) in [5.74, 6) is -0.258. The Morgan fingerprint density at radius 1 is 1.21 bits per heavy atom. The third-order valence-corrected chi connectivity index (χ3v) is 3.48. The summed E-state index contributed by atoms with van der Waals surface area (Å²) in [7, 11) is 0. The fourth-order valence-electron chi connectivity index (χ4n) is 2.29. The van der Waals surface area contributed by atoms with Crippen molar-refractivity contribution in [3.63, 3.8) is 0 Å². The Morgan fingerprint density at radius 2 is 2.05 bits per heavy atom. The van der Waals surface area contributed by atoms with Crippen LogP contribution in [0.2, 0.25) is 0 Å². The summed E-state index contributed by atoms with van der Waals surface area (Å²) < 4.78 is 15.8. The molecule has 0 saturated carbocycles. The van der Waals surface area contributed by atoms with Gasteiger partial charge in [0.15, 0.2) is 4.77 Å². The first-order valence-corrected chi connectivity index (χ1v) is 6.48. The minimum atomic E-state index is -0.258.